The first-order valence-corrected chi connectivity index (χ1v) is 9.21. The van der Waals surface area contributed by atoms with E-state index in [0.29, 0.717) is 18.5 Å². The minimum atomic E-state index is -0.438. The molecule has 0 unspecified atom stereocenters. The van der Waals surface area contributed by atoms with Crippen LogP contribution in [0.3, 0.4) is 0 Å². The van der Waals surface area contributed by atoms with Crippen molar-refractivity contribution in [3.63, 3.8) is 0 Å². The van der Waals surface area contributed by atoms with E-state index in [4.69, 9.17) is 4.52 Å². The molecule has 0 amide bonds. The van der Waals surface area contributed by atoms with Crippen molar-refractivity contribution in [3.8, 4) is 0 Å². The summed E-state index contributed by atoms with van der Waals surface area (Å²) in [5.74, 6) is 2.15. The van der Waals surface area contributed by atoms with Crippen LogP contribution < -0.4 is 0 Å². The minimum absolute atomic E-state index is 0.387. The van der Waals surface area contributed by atoms with Gasteiger partial charge in [-0.3, -0.25) is 9.80 Å². The predicted octanol–water partition coefficient (Wildman–Crippen LogP) is 2.19. The van der Waals surface area contributed by atoms with E-state index in [-0.39, 0.29) is 0 Å². The van der Waals surface area contributed by atoms with Crippen molar-refractivity contribution in [1.29, 1.82) is 0 Å². The van der Waals surface area contributed by atoms with Crippen LogP contribution in [0.1, 0.15) is 49.1 Å². The van der Waals surface area contributed by atoms with Crippen molar-refractivity contribution in [2.45, 2.75) is 44.4 Å². The third kappa shape index (κ3) is 4.08. The van der Waals surface area contributed by atoms with E-state index in [1.54, 1.807) is 0 Å². The molecule has 4 rings (SSSR count). The average Bonchev–Trinajstić information content (AvgIpc) is 3.38. The fourth-order valence-electron chi connectivity index (χ4n) is 3.52. The van der Waals surface area contributed by atoms with Crippen molar-refractivity contribution >= 4 is 0 Å². The summed E-state index contributed by atoms with van der Waals surface area (Å²) in [6.07, 6.45) is 1.95. The molecule has 1 aliphatic heterocycles. The van der Waals surface area contributed by atoms with E-state index in [2.05, 4.69) is 26.9 Å². The summed E-state index contributed by atoms with van der Waals surface area (Å²) in [7, 11) is 0. The largest absolute Gasteiger partial charge is 0.387 e. The van der Waals surface area contributed by atoms with Gasteiger partial charge in [-0.25, -0.2) is 0 Å². The highest BCUT2D eigenvalue weighted by atomic mass is 16.5. The summed E-state index contributed by atoms with van der Waals surface area (Å²) in [5.41, 5.74) is 0.982. The lowest BCUT2D eigenvalue weighted by atomic mass is 10.1. The molecule has 1 saturated heterocycles. The Balaban J connectivity index is 1.29. The number of β-amino-alcohol motifs (C(OH)–C–C–N with tert-alkyl or cyclic N) is 1. The van der Waals surface area contributed by atoms with Crippen molar-refractivity contribution in [2.75, 3.05) is 26.2 Å². The van der Waals surface area contributed by atoms with Gasteiger partial charge >= 0.3 is 0 Å². The summed E-state index contributed by atoms with van der Waals surface area (Å²) >= 11 is 0. The smallest absolute Gasteiger partial charge is 0.240 e. The molecule has 2 heterocycles. The third-order valence-electron chi connectivity index (χ3n) is 5.23. The van der Waals surface area contributed by atoms with E-state index in [0.717, 1.165) is 43.5 Å². The Labute approximate surface area is 148 Å². The zero-order valence-electron chi connectivity index (χ0n) is 14.7. The molecular weight excluding hydrogens is 316 g/mol. The number of aliphatic hydroxyl groups excluding tert-OH is 1. The number of hydrogen-bond acceptors (Lipinski definition) is 6. The van der Waals surface area contributed by atoms with Crippen LogP contribution in [0.2, 0.25) is 0 Å². The Morgan fingerprint density at radius 3 is 2.76 bits per heavy atom. The molecule has 1 saturated carbocycles. The number of aromatic nitrogens is 2. The van der Waals surface area contributed by atoms with Gasteiger partial charge in [-0.1, -0.05) is 35.5 Å². The maximum absolute atomic E-state index is 10.5. The molecule has 2 atom stereocenters. The SMILES string of the molecule is C[C@@H]1CN(Cc2nc(C3CC3)no2)CCN1C[C@@H](O)c1ccccc1. The van der Waals surface area contributed by atoms with Gasteiger partial charge < -0.3 is 9.63 Å². The van der Waals surface area contributed by atoms with Gasteiger partial charge in [0.25, 0.3) is 0 Å². The normalized spacial score (nSPS) is 23.7. The zero-order valence-corrected chi connectivity index (χ0v) is 14.7. The molecular formula is C19H26N4O2. The second-order valence-electron chi connectivity index (χ2n) is 7.33. The van der Waals surface area contributed by atoms with Gasteiger partial charge in [-0.15, -0.1) is 0 Å². The van der Waals surface area contributed by atoms with Crippen LogP contribution >= 0.6 is 0 Å². The van der Waals surface area contributed by atoms with Gasteiger partial charge in [0.2, 0.25) is 5.89 Å². The number of aliphatic hydroxyl groups is 1. The van der Waals surface area contributed by atoms with Crippen molar-refractivity contribution in [1.82, 2.24) is 19.9 Å². The Kier molecular flexibility index (Phi) is 4.83. The highest BCUT2D eigenvalue weighted by Crippen LogP contribution is 2.38. The highest BCUT2D eigenvalue weighted by molar-refractivity contribution is 5.17. The summed E-state index contributed by atoms with van der Waals surface area (Å²) in [6.45, 7) is 6.45. The molecule has 0 radical (unpaired) electrons. The molecule has 2 fully saturated rings. The van der Waals surface area contributed by atoms with Crippen LogP contribution in [-0.4, -0.2) is 57.3 Å². The predicted molar refractivity (Wildman–Crippen MR) is 94.0 cm³/mol. The van der Waals surface area contributed by atoms with Crippen molar-refractivity contribution < 1.29 is 9.63 Å². The van der Waals surface area contributed by atoms with E-state index >= 15 is 0 Å². The molecule has 6 nitrogen and oxygen atoms in total. The van der Waals surface area contributed by atoms with Crippen molar-refractivity contribution in [3.05, 3.63) is 47.6 Å². The van der Waals surface area contributed by atoms with Crippen LogP contribution in [0.25, 0.3) is 0 Å². The molecule has 2 aromatic rings. The van der Waals surface area contributed by atoms with Crippen LogP contribution in [0.5, 0.6) is 0 Å². The van der Waals surface area contributed by atoms with Gasteiger partial charge in [0, 0.05) is 38.1 Å². The highest BCUT2D eigenvalue weighted by Gasteiger charge is 2.30. The van der Waals surface area contributed by atoms with Crippen LogP contribution in [0.15, 0.2) is 34.9 Å². The topological polar surface area (TPSA) is 65.6 Å². The number of rotatable bonds is 6. The van der Waals surface area contributed by atoms with Gasteiger partial charge in [-0.05, 0) is 25.3 Å². The second-order valence-corrected chi connectivity index (χ2v) is 7.33. The number of piperazine rings is 1. The van der Waals surface area contributed by atoms with Gasteiger partial charge in [0.15, 0.2) is 5.82 Å². The summed E-state index contributed by atoms with van der Waals surface area (Å²) in [6, 6.07) is 10.3. The first kappa shape index (κ1) is 16.7. The first-order chi connectivity index (χ1) is 12.2. The van der Waals surface area contributed by atoms with Crippen LogP contribution in [-0.2, 0) is 6.54 Å². The Hall–Kier alpha value is -1.76. The average molecular weight is 342 g/mol. The molecule has 0 spiro atoms. The third-order valence-corrected chi connectivity index (χ3v) is 5.23. The summed E-state index contributed by atoms with van der Waals surface area (Å²) in [4.78, 5) is 9.25. The molecule has 6 heteroatoms. The number of hydrogen-bond donors (Lipinski definition) is 1. The zero-order chi connectivity index (χ0) is 17.2. The monoisotopic (exact) mass is 342 g/mol. The fourth-order valence-corrected chi connectivity index (χ4v) is 3.52. The first-order valence-electron chi connectivity index (χ1n) is 9.21. The van der Waals surface area contributed by atoms with E-state index < -0.39 is 6.10 Å². The fraction of sp³-hybridized carbons (Fsp3) is 0.579. The molecule has 1 aromatic carbocycles. The Morgan fingerprint density at radius 1 is 1.24 bits per heavy atom. The quantitative estimate of drug-likeness (QED) is 0.868. The lowest BCUT2D eigenvalue weighted by Crippen LogP contribution is -2.52. The Bertz CT molecular complexity index is 686. The van der Waals surface area contributed by atoms with E-state index in [1.165, 1.54) is 12.8 Å². The lowest BCUT2D eigenvalue weighted by Gasteiger charge is -2.40. The molecule has 2 aliphatic rings. The summed E-state index contributed by atoms with van der Waals surface area (Å²) < 4.78 is 5.40. The molecule has 0 bridgehead atoms. The molecule has 1 N–H and O–H groups in total. The van der Waals surface area contributed by atoms with Gasteiger partial charge in [-0.2, -0.15) is 4.98 Å². The molecule has 134 valence electrons. The molecule has 1 aliphatic carbocycles. The van der Waals surface area contributed by atoms with E-state index in [1.807, 2.05) is 30.3 Å². The lowest BCUT2D eigenvalue weighted by molar-refractivity contribution is 0.0328. The second kappa shape index (κ2) is 7.23. The maximum atomic E-state index is 10.5. The van der Waals surface area contributed by atoms with Gasteiger partial charge in [0.1, 0.15) is 0 Å². The number of benzene rings is 1. The standard InChI is InChI=1S/C19H26N4O2/c1-14-11-22(13-18-20-19(21-25-18)16-7-8-16)9-10-23(14)12-17(24)15-5-3-2-4-6-15/h2-6,14,16-17,24H,7-13H2,1H3/t14-,17-/m1/s1. The van der Waals surface area contributed by atoms with Crippen LogP contribution in [0.4, 0.5) is 0 Å². The summed E-state index contributed by atoms with van der Waals surface area (Å²) in [5, 5.41) is 14.6. The maximum Gasteiger partial charge on any atom is 0.240 e. The Morgan fingerprint density at radius 2 is 2.04 bits per heavy atom. The van der Waals surface area contributed by atoms with Crippen molar-refractivity contribution in [2.24, 2.45) is 0 Å². The number of nitrogens with zero attached hydrogens (tertiary/aromatic N) is 4. The van der Waals surface area contributed by atoms with E-state index in [9.17, 15) is 5.11 Å². The minimum Gasteiger partial charge on any atom is -0.387 e. The van der Waals surface area contributed by atoms with Crippen LogP contribution in [0, 0.1) is 0 Å². The molecule has 25 heavy (non-hydrogen) atoms. The molecule has 1 aromatic heterocycles. The van der Waals surface area contributed by atoms with Gasteiger partial charge in [0.05, 0.1) is 12.6 Å².